The quantitative estimate of drug-likeness (QED) is 0.873. The Morgan fingerprint density at radius 2 is 1.76 bits per heavy atom. The highest BCUT2D eigenvalue weighted by Gasteiger charge is 2.31. The van der Waals surface area contributed by atoms with Crippen molar-refractivity contribution < 1.29 is 17.9 Å². The fraction of sp³-hybridized carbons (Fsp3) is 0.250. The summed E-state index contributed by atoms with van der Waals surface area (Å²) in [6, 6.07) is 12.0. The zero-order valence-corrected chi connectivity index (χ0v) is 11.8. The van der Waals surface area contributed by atoms with Crippen molar-refractivity contribution in [1.82, 2.24) is 0 Å². The Kier molecular flexibility index (Phi) is 4.40. The van der Waals surface area contributed by atoms with Gasteiger partial charge >= 0.3 is 6.36 Å². The van der Waals surface area contributed by atoms with Crippen LogP contribution in [-0.4, -0.2) is 6.36 Å². The lowest BCUT2D eigenvalue weighted by molar-refractivity contribution is -0.274. The third kappa shape index (κ3) is 4.41. The van der Waals surface area contributed by atoms with Gasteiger partial charge in [0.25, 0.3) is 0 Å². The minimum absolute atomic E-state index is 0.178. The van der Waals surface area contributed by atoms with Crippen LogP contribution in [0.15, 0.2) is 42.5 Å². The normalized spacial score (nSPS) is 11.3. The van der Waals surface area contributed by atoms with Crippen molar-refractivity contribution in [1.29, 1.82) is 0 Å². The molecular formula is C16H16F3NO. The molecular weight excluding hydrogens is 279 g/mol. The van der Waals surface area contributed by atoms with Gasteiger partial charge in [0.05, 0.1) is 0 Å². The molecule has 0 saturated heterocycles. The maximum absolute atomic E-state index is 12.4. The summed E-state index contributed by atoms with van der Waals surface area (Å²) in [6.07, 6.45) is -4.68. The first-order valence-electron chi connectivity index (χ1n) is 6.50. The van der Waals surface area contributed by atoms with Crippen LogP contribution in [0.3, 0.4) is 0 Å². The maximum Gasteiger partial charge on any atom is 0.573 e. The molecule has 0 aliphatic heterocycles. The highest BCUT2D eigenvalue weighted by molar-refractivity contribution is 5.52. The van der Waals surface area contributed by atoms with Gasteiger partial charge in [-0.05, 0) is 31.5 Å². The van der Waals surface area contributed by atoms with Crippen molar-refractivity contribution in [3.63, 3.8) is 0 Å². The Labute approximate surface area is 121 Å². The van der Waals surface area contributed by atoms with E-state index in [9.17, 15) is 13.2 Å². The minimum Gasteiger partial charge on any atom is -0.405 e. The van der Waals surface area contributed by atoms with Gasteiger partial charge in [0.1, 0.15) is 5.75 Å². The number of aryl methyl sites for hydroxylation is 2. The van der Waals surface area contributed by atoms with Gasteiger partial charge in [0.15, 0.2) is 0 Å². The van der Waals surface area contributed by atoms with Gasteiger partial charge in [-0.2, -0.15) is 0 Å². The van der Waals surface area contributed by atoms with Crippen molar-refractivity contribution >= 4 is 5.69 Å². The molecule has 0 fully saturated rings. The molecule has 0 heterocycles. The fourth-order valence-corrected chi connectivity index (χ4v) is 2.08. The summed E-state index contributed by atoms with van der Waals surface area (Å²) in [7, 11) is 0. The summed E-state index contributed by atoms with van der Waals surface area (Å²) >= 11 is 0. The van der Waals surface area contributed by atoms with Crippen molar-refractivity contribution in [2.75, 3.05) is 5.32 Å². The molecule has 2 nitrogen and oxygen atoms in total. The molecule has 0 atom stereocenters. The predicted octanol–water partition coefficient (Wildman–Crippen LogP) is 4.81. The Hall–Kier alpha value is -2.17. The van der Waals surface area contributed by atoms with E-state index >= 15 is 0 Å². The van der Waals surface area contributed by atoms with Crippen LogP contribution in [0.4, 0.5) is 18.9 Å². The highest BCUT2D eigenvalue weighted by Crippen LogP contribution is 2.27. The second kappa shape index (κ2) is 6.08. The largest absolute Gasteiger partial charge is 0.573 e. The van der Waals surface area contributed by atoms with E-state index in [1.807, 2.05) is 32.0 Å². The van der Waals surface area contributed by atoms with E-state index in [0.29, 0.717) is 5.56 Å². The molecule has 112 valence electrons. The van der Waals surface area contributed by atoms with E-state index in [2.05, 4.69) is 10.1 Å². The molecule has 0 radical (unpaired) electrons. The molecule has 0 spiro atoms. The zero-order chi connectivity index (χ0) is 15.5. The lowest BCUT2D eigenvalue weighted by atomic mass is 10.1. The standard InChI is InChI=1S/C16H16F3NO/c1-11-7-8-14(12(2)9-11)20-10-13-5-3-4-6-15(13)21-16(17,18)19/h3-9,20H,10H2,1-2H3. The van der Waals surface area contributed by atoms with Crippen molar-refractivity contribution in [3.8, 4) is 5.75 Å². The average molecular weight is 295 g/mol. The smallest absolute Gasteiger partial charge is 0.405 e. The van der Waals surface area contributed by atoms with Crippen LogP contribution in [-0.2, 0) is 6.54 Å². The van der Waals surface area contributed by atoms with Crippen LogP contribution in [0, 0.1) is 13.8 Å². The summed E-state index contributed by atoms with van der Waals surface area (Å²) in [4.78, 5) is 0. The number of benzene rings is 2. The number of hydrogen-bond donors (Lipinski definition) is 1. The molecule has 0 aromatic heterocycles. The summed E-state index contributed by atoms with van der Waals surface area (Å²) in [6.45, 7) is 4.20. The van der Waals surface area contributed by atoms with Crippen LogP contribution in [0.25, 0.3) is 0 Å². The maximum atomic E-state index is 12.4. The number of ether oxygens (including phenoxy) is 1. The Bertz CT molecular complexity index is 623. The van der Waals surface area contributed by atoms with Gasteiger partial charge in [0.2, 0.25) is 0 Å². The van der Waals surface area contributed by atoms with E-state index in [0.717, 1.165) is 16.8 Å². The third-order valence-electron chi connectivity index (χ3n) is 3.05. The molecule has 0 aliphatic carbocycles. The summed E-state index contributed by atoms with van der Waals surface area (Å²) in [5.74, 6) is -0.178. The molecule has 2 aromatic carbocycles. The van der Waals surface area contributed by atoms with Crippen LogP contribution in [0.1, 0.15) is 16.7 Å². The van der Waals surface area contributed by atoms with Gasteiger partial charge in [-0.15, -0.1) is 13.2 Å². The number of alkyl halides is 3. The molecule has 0 bridgehead atoms. The Morgan fingerprint density at radius 3 is 2.43 bits per heavy atom. The van der Waals surface area contributed by atoms with Crippen molar-refractivity contribution in [3.05, 3.63) is 59.2 Å². The molecule has 21 heavy (non-hydrogen) atoms. The number of para-hydroxylation sites is 1. The van der Waals surface area contributed by atoms with Crippen LogP contribution < -0.4 is 10.1 Å². The monoisotopic (exact) mass is 295 g/mol. The molecule has 1 N–H and O–H groups in total. The van der Waals surface area contributed by atoms with E-state index in [1.165, 1.54) is 12.1 Å². The van der Waals surface area contributed by atoms with Gasteiger partial charge in [-0.25, -0.2) is 0 Å². The number of hydrogen-bond acceptors (Lipinski definition) is 2. The first-order valence-corrected chi connectivity index (χ1v) is 6.50. The Morgan fingerprint density at radius 1 is 1.05 bits per heavy atom. The lowest BCUT2D eigenvalue weighted by Crippen LogP contribution is -2.18. The van der Waals surface area contributed by atoms with E-state index in [1.54, 1.807) is 12.1 Å². The molecule has 2 aromatic rings. The van der Waals surface area contributed by atoms with Crippen molar-refractivity contribution in [2.24, 2.45) is 0 Å². The SMILES string of the molecule is Cc1ccc(NCc2ccccc2OC(F)(F)F)c(C)c1. The second-order valence-corrected chi connectivity index (χ2v) is 4.83. The first-order chi connectivity index (χ1) is 9.85. The molecule has 0 unspecified atom stereocenters. The zero-order valence-electron chi connectivity index (χ0n) is 11.8. The van der Waals surface area contributed by atoms with Crippen molar-refractivity contribution in [2.45, 2.75) is 26.8 Å². The van der Waals surface area contributed by atoms with Gasteiger partial charge in [-0.1, -0.05) is 35.9 Å². The summed E-state index contributed by atoms with van der Waals surface area (Å²) in [5, 5.41) is 3.14. The van der Waals surface area contributed by atoms with E-state index in [4.69, 9.17) is 0 Å². The molecule has 0 aliphatic rings. The highest BCUT2D eigenvalue weighted by atomic mass is 19.4. The molecule has 5 heteroatoms. The average Bonchev–Trinajstić information content (AvgIpc) is 2.37. The van der Waals surface area contributed by atoms with E-state index < -0.39 is 6.36 Å². The fourth-order valence-electron chi connectivity index (χ4n) is 2.08. The summed E-state index contributed by atoms with van der Waals surface area (Å²) in [5.41, 5.74) is 3.53. The predicted molar refractivity (Wildman–Crippen MR) is 76.4 cm³/mol. The topological polar surface area (TPSA) is 21.3 Å². The molecule has 0 amide bonds. The minimum atomic E-state index is -4.68. The molecule has 2 rings (SSSR count). The van der Waals surface area contributed by atoms with Crippen LogP contribution in [0.2, 0.25) is 0 Å². The lowest BCUT2D eigenvalue weighted by Gasteiger charge is -2.15. The number of anilines is 1. The number of rotatable bonds is 4. The van der Waals surface area contributed by atoms with Gasteiger partial charge < -0.3 is 10.1 Å². The second-order valence-electron chi connectivity index (χ2n) is 4.83. The van der Waals surface area contributed by atoms with Gasteiger partial charge in [-0.3, -0.25) is 0 Å². The molecule has 0 saturated carbocycles. The summed E-state index contributed by atoms with van der Waals surface area (Å²) < 4.78 is 41.1. The Balaban J connectivity index is 2.13. The third-order valence-corrected chi connectivity index (χ3v) is 3.05. The van der Waals surface area contributed by atoms with Crippen LogP contribution in [0.5, 0.6) is 5.75 Å². The van der Waals surface area contributed by atoms with Gasteiger partial charge in [0, 0.05) is 17.8 Å². The first kappa shape index (κ1) is 15.2. The number of halogens is 3. The number of nitrogens with one attached hydrogen (secondary N) is 1. The van der Waals surface area contributed by atoms with Crippen LogP contribution >= 0.6 is 0 Å². The van der Waals surface area contributed by atoms with E-state index in [-0.39, 0.29) is 12.3 Å².